The summed E-state index contributed by atoms with van der Waals surface area (Å²) in [7, 11) is 0. The van der Waals surface area contributed by atoms with E-state index in [9.17, 15) is 4.79 Å². The SMILES string of the molecule is CCC(C(=O)N1CC2CCCC(N)C2C1)c1ccccc1.Cl. The zero-order valence-corrected chi connectivity index (χ0v) is 14.1. The van der Waals surface area contributed by atoms with E-state index in [4.69, 9.17) is 5.73 Å². The summed E-state index contributed by atoms with van der Waals surface area (Å²) >= 11 is 0. The van der Waals surface area contributed by atoms with Crippen LogP contribution in [0.4, 0.5) is 0 Å². The van der Waals surface area contributed by atoms with Crippen molar-refractivity contribution in [1.29, 1.82) is 0 Å². The number of hydrogen-bond donors (Lipinski definition) is 1. The maximum absolute atomic E-state index is 12.9. The van der Waals surface area contributed by atoms with Gasteiger partial charge in [0.15, 0.2) is 0 Å². The molecular formula is C18H27ClN2O. The average Bonchev–Trinajstić information content (AvgIpc) is 2.95. The Morgan fingerprint density at radius 1 is 1.27 bits per heavy atom. The van der Waals surface area contributed by atoms with E-state index in [2.05, 4.69) is 24.0 Å². The van der Waals surface area contributed by atoms with Crippen molar-refractivity contribution in [1.82, 2.24) is 4.90 Å². The van der Waals surface area contributed by atoms with Crippen LogP contribution in [0.25, 0.3) is 0 Å². The Kier molecular flexibility index (Phi) is 5.87. The van der Waals surface area contributed by atoms with E-state index in [-0.39, 0.29) is 18.3 Å². The van der Waals surface area contributed by atoms with Gasteiger partial charge in [0.1, 0.15) is 0 Å². The Hall–Kier alpha value is -1.06. The molecule has 1 aliphatic carbocycles. The van der Waals surface area contributed by atoms with Gasteiger partial charge in [-0.2, -0.15) is 0 Å². The monoisotopic (exact) mass is 322 g/mol. The van der Waals surface area contributed by atoms with Gasteiger partial charge in [0.05, 0.1) is 5.92 Å². The third-order valence-electron chi connectivity index (χ3n) is 5.37. The van der Waals surface area contributed by atoms with E-state index >= 15 is 0 Å². The average molecular weight is 323 g/mol. The van der Waals surface area contributed by atoms with Gasteiger partial charge >= 0.3 is 0 Å². The fraction of sp³-hybridized carbons (Fsp3) is 0.611. The summed E-state index contributed by atoms with van der Waals surface area (Å²) in [5.74, 6) is 1.45. The van der Waals surface area contributed by atoms with Gasteiger partial charge in [-0.25, -0.2) is 0 Å². The van der Waals surface area contributed by atoms with Crippen LogP contribution in [-0.4, -0.2) is 29.9 Å². The molecule has 22 heavy (non-hydrogen) atoms. The molecule has 2 aliphatic rings. The predicted molar refractivity (Wildman–Crippen MR) is 92.1 cm³/mol. The second-order valence-corrected chi connectivity index (χ2v) is 6.63. The van der Waals surface area contributed by atoms with Crippen molar-refractivity contribution in [2.45, 2.75) is 44.6 Å². The van der Waals surface area contributed by atoms with Crippen molar-refractivity contribution in [3.63, 3.8) is 0 Å². The van der Waals surface area contributed by atoms with Gasteiger partial charge in [-0.05, 0) is 36.7 Å². The quantitative estimate of drug-likeness (QED) is 0.929. The number of benzene rings is 1. The van der Waals surface area contributed by atoms with Crippen LogP contribution in [0.15, 0.2) is 30.3 Å². The first-order chi connectivity index (χ1) is 10.2. The van der Waals surface area contributed by atoms with Crippen molar-refractivity contribution >= 4 is 18.3 Å². The summed E-state index contributed by atoms with van der Waals surface area (Å²) < 4.78 is 0. The van der Waals surface area contributed by atoms with E-state index < -0.39 is 0 Å². The number of nitrogens with zero attached hydrogens (tertiary/aromatic N) is 1. The molecule has 4 unspecified atom stereocenters. The van der Waals surface area contributed by atoms with Crippen LogP contribution in [0.1, 0.15) is 44.1 Å². The maximum Gasteiger partial charge on any atom is 0.230 e. The van der Waals surface area contributed by atoms with Gasteiger partial charge in [-0.15, -0.1) is 12.4 Å². The van der Waals surface area contributed by atoms with Gasteiger partial charge in [0.2, 0.25) is 5.91 Å². The molecule has 2 N–H and O–H groups in total. The number of hydrogen-bond acceptors (Lipinski definition) is 2. The first kappa shape index (κ1) is 17.3. The second kappa shape index (κ2) is 7.47. The van der Waals surface area contributed by atoms with Gasteiger partial charge in [0.25, 0.3) is 0 Å². The summed E-state index contributed by atoms with van der Waals surface area (Å²) in [5, 5.41) is 0. The minimum Gasteiger partial charge on any atom is -0.342 e. The number of fused-ring (bicyclic) bond motifs is 1. The first-order valence-electron chi connectivity index (χ1n) is 8.30. The Bertz CT molecular complexity index is 493. The lowest BCUT2D eigenvalue weighted by Crippen LogP contribution is -2.39. The molecule has 1 aliphatic heterocycles. The van der Waals surface area contributed by atoms with Crippen LogP contribution in [-0.2, 0) is 4.79 Å². The molecule has 3 nitrogen and oxygen atoms in total. The van der Waals surface area contributed by atoms with Crippen molar-refractivity contribution in [3.8, 4) is 0 Å². The lowest BCUT2D eigenvalue weighted by molar-refractivity contribution is -0.132. The molecule has 1 amide bonds. The largest absolute Gasteiger partial charge is 0.342 e. The van der Waals surface area contributed by atoms with Crippen LogP contribution in [0.2, 0.25) is 0 Å². The van der Waals surface area contributed by atoms with Gasteiger partial charge in [-0.1, -0.05) is 43.7 Å². The smallest absolute Gasteiger partial charge is 0.230 e. The number of carbonyl (C=O) groups excluding carboxylic acids is 1. The molecule has 4 atom stereocenters. The van der Waals surface area contributed by atoms with Crippen LogP contribution < -0.4 is 5.73 Å². The van der Waals surface area contributed by atoms with E-state index in [1.54, 1.807) is 0 Å². The minimum atomic E-state index is 0. The van der Waals surface area contributed by atoms with Crippen LogP contribution >= 0.6 is 12.4 Å². The van der Waals surface area contributed by atoms with Crippen molar-refractivity contribution in [3.05, 3.63) is 35.9 Å². The summed E-state index contributed by atoms with van der Waals surface area (Å²) in [4.78, 5) is 15.0. The molecule has 0 radical (unpaired) electrons. The highest BCUT2D eigenvalue weighted by Crippen LogP contribution is 2.37. The van der Waals surface area contributed by atoms with Gasteiger partial charge < -0.3 is 10.6 Å². The number of carbonyl (C=O) groups is 1. The highest BCUT2D eigenvalue weighted by Gasteiger charge is 2.41. The number of halogens is 1. The lowest BCUT2D eigenvalue weighted by atomic mass is 9.78. The zero-order chi connectivity index (χ0) is 14.8. The Morgan fingerprint density at radius 2 is 2.00 bits per heavy atom. The molecule has 0 bridgehead atoms. The maximum atomic E-state index is 12.9. The van der Waals surface area contributed by atoms with Crippen LogP contribution in [0.5, 0.6) is 0 Å². The normalized spacial score (nSPS) is 28.6. The highest BCUT2D eigenvalue weighted by atomic mass is 35.5. The van der Waals surface area contributed by atoms with Crippen molar-refractivity contribution in [2.75, 3.05) is 13.1 Å². The van der Waals surface area contributed by atoms with E-state index in [0.717, 1.165) is 31.5 Å². The van der Waals surface area contributed by atoms with Crippen LogP contribution in [0, 0.1) is 11.8 Å². The summed E-state index contributed by atoms with van der Waals surface area (Å²) in [6.07, 6.45) is 4.45. The molecule has 0 aromatic heterocycles. The predicted octanol–water partition coefficient (Wildman–Crippen LogP) is 3.19. The molecule has 3 rings (SSSR count). The topological polar surface area (TPSA) is 46.3 Å². The Morgan fingerprint density at radius 3 is 2.64 bits per heavy atom. The van der Waals surface area contributed by atoms with Gasteiger partial charge in [-0.3, -0.25) is 4.79 Å². The van der Waals surface area contributed by atoms with Crippen molar-refractivity contribution in [2.24, 2.45) is 17.6 Å². The van der Waals surface area contributed by atoms with Gasteiger partial charge in [0, 0.05) is 19.1 Å². The highest BCUT2D eigenvalue weighted by molar-refractivity contribution is 5.85. The molecule has 1 aromatic carbocycles. The van der Waals surface area contributed by atoms with Crippen LogP contribution in [0.3, 0.4) is 0 Å². The fourth-order valence-electron chi connectivity index (χ4n) is 4.16. The fourth-order valence-corrected chi connectivity index (χ4v) is 4.16. The molecule has 2 fully saturated rings. The summed E-state index contributed by atoms with van der Waals surface area (Å²) in [6, 6.07) is 10.5. The minimum absolute atomic E-state index is 0. The second-order valence-electron chi connectivity index (χ2n) is 6.63. The lowest BCUT2D eigenvalue weighted by Gasteiger charge is -2.29. The summed E-state index contributed by atoms with van der Waals surface area (Å²) in [6.45, 7) is 3.89. The molecule has 1 saturated heterocycles. The Labute approximate surface area is 139 Å². The standard InChI is InChI=1S/C18H26N2O.ClH/c1-2-15(13-7-4-3-5-8-13)18(21)20-11-14-9-6-10-17(19)16(14)12-20;/h3-5,7-8,14-17H,2,6,9-12,19H2,1H3;1H. The van der Waals surface area contributed by atoms with Crippen molar-refractivity contribution < 1.29 is 4.79 Å². The molecule has 4 heteroatoms. The molecule has 1 aromatic rings. The molecule has 122 valence electrons. The molecule has 1 saturated carbocycles. The summed E-state index contributed by atoms with van der Waals surface area (Å²) in [5.41, 5.74) is 7.41. The third-order valence-corrected chi connectivity index (χ3v) is 5.37. The number of likely N-dealkylation sites (tertiary alicyclic amines) is 1. The third kappa shape index (κ3) is 3.31. The number of amides is 1. The van der Waals surface area contributed by atoms with E-state index in [1.807, 2.05) is 18.2 Å². The zero-order valence-electron chi connectivity index (χ0n) is 13.3. The number of nitrogens with two attached hydrogens (primary N) is 1. The number of rotatable bonds is 3. The Balaban J connectivity index is 0.00000176. The molecular weight excluding hydrogens is 296 g/mol. The molecule has 1 heterocycles. The first-order valence-corrected chi connectivity index (χ1v) is 8.30. The van der Waals surface area contributed by atoms with E-state index in [1.165, 1.54) is 12.8 Å². The molecule has 0 spiro atoms. The van der Waals surface area contributed by atoms with E-state index in [0.29, 0.717) is 23.8 Å².